The maximum Gasteiger partial charge on any atom is 0.247 e. The maximum absolute atomic E-state index is 12.5. The number of nitrogens with one attached hydrogen (secondary N) is 2. The SMILES string of the molecule is CC(C)C(N)C(=O)NC1C=C(C(=O)NC(CCS(C)(=O)=O)C(N)=O)CC(O)C1O. The molecule has 8 N–H and O–H groups in total. The van der Waals surface area contributed by atoms with Crippen molar-refractivity contribution in [3.8, 4) is 0 Å². The largest absolute Gasteiger partial charge is 0.390 e. The Kier molecular flexibility index (Phi) is 8.75. The first-order valence-corrected chi connectivity index (χ1v) is 11.2. The zero-order chi connectivity index (χ0) is 22.5. The lowest BCUT2D eigenvalue weighted by Gasteiger charge is -2.32. The molecule has 0 spiro atoms. The fourth-order valence-electron chi connectivity index (χ4n) is 2.70. The van der Waals surface area contributed by atoms with E-state index in [0.717, 1.165) is 6.26 Å². The fourth-order valence-corrected chi connectivity index (χ4v) is 3.36. The molecule has 5 unspecified atom stereocenters. The van der Waals surface area contributed by atoms with Gasteiger partial charge in [0.1, 0.15) is 22.0 Å². The van der Waals surface area contributed by atoms with Gasteiger partial charge in [-0.1, -0.05) is 19.9 Å². The van der Waals surface area contributed by atoms with Gasteiger partial charge in [-0.15, -0.1) is 0 Å². The Morgan fingerprint density at radius 2 is 1.86 bits per heavy atom. The van der Waals surface area contributed by atoms with Gasteiger partial charge >= 0.3 is 0 Å². The van der Waals surface area contributed by atoms with Crippen molar-refractivity contribution in [3.05, 3.63) is 11.6 Å². The van der Waals surface area contributed by atoms with E-state index in [-0.39, 0.29) is 30.1 Å². The van der Waals surface area contributed by atoms with Crippen LogP contribution < -0.4 is 22.1 Å². The third kappa shape index (κ3) is 7.72. The standard InChI is InChI=1S/C17H30N4O7S/c1-8(2)13(18)17(26)21-11-6-9(7-12(22)14(11)23)16(25)20-10(15(19)24)4-5-29(3,27)28/h6,8,10-14,22-23H,4-5,7,18H2,1-3H3,(H2,19,24)(H,20,25)(H,21,26). The second-order valence-corrected chi connectivity index (χ2v) is 9.86. The van der Waals surface area contributed by atoms with Crippen molar-refractivity contribution in [1.29, 1.82) is 0 Å². The van der Waals surface area contributed by atoms with E-state index in [1.54, 1.807) is 13.8 Å². The molecule has 0 fully saturated rings. The molecule has 0 aromatic heterocycles. The second-order valence-electron chi connectivity index (χ2n) is 7.61. The minimum Gasteiger partial charge on any atom is -0.390 e. The van der Waals surface area contributed by atoms with Crippen LogP contribution in [0.15, 0.2) is 11.6 Å². The molecule has 0 radical (unpaired) electrons. The first-order chi connectivity index (χ1) is 13.2. The third-order valence-corrected chi connectivity index (χ3v) is 5.60. The normalized spacial score (nSPS) is 24.4. The predicted molar refractivity (Wildman–Crippen MR) is 105 cm³/mol. The summed E-state index contributed by atoms with van der Waals surface area (Å²) in [7, 11) is -3.37. The Balaban J connectivity index is 2.94. The van der Waals surface area contributed by atoms with E-state index in [4.69, 9.17) is 11.5 Å². The summed E-state index contributed by atoms with van der Waals surface area (Å²) in [5.74, 6) is -2.75. The average molecular weight is 435 g/mol. The average Bonchev–Trinajstić information content (AvgIpc) is 2.59. The molecule has 0 bridgehead atoms. The molecule has 1 aliphatic carbocycles. The molecule has 1 rings (SSSR count). The quantitative estimate of drug-likeness (QED) is 0.219. The summed E-state index contributed by atoms with van der Waals surface area (Å²) in [6, 6.07) is -3.15. The number of nitrogens with two attached hydrogens (primary N) is 2. The zero-order valence-electron chi connectivity index (χ0n) is 16.7. The Morgan fingerprint density at radius 3 is 2.34 bits per heavy atom. The number of amides is 3. The highest BCUT2D eigenvalue weighted by Crippen LogP contribution is 2.20. The van der Waals surface area contributed by atoms with Crippen LogP contribution in [0.2, 0.25) is 0 Å². The summed E-state index contributed by atoms with van der Waals surface area (Å²) in [4.78, 5) is 36.2. The minimum absolute atomic E-state index is 0.0109. The molecule has 5 atom stereocenters. The molecule has 3 amide bonds. The molecule has 12 heteroatoms. The first-order valence-electron chi connectivity index (χ1n) is 9.13. The van der Waals surface area contributed by atoms with Crippen LogP contribution in [0.1, 0.15) is 26.7 Å². The molecule has 11 nitrogen and oxygen atoms in total. The van der Waals surface area contributed by atoms with Gasteiger partial charge in [-0.25, -0.2) is 8.42 Å². The van der Waals surface area contributed by atoms with Crippen molar-refractivity contribution in [2.45, 2.75) is 57.0 Å². The highest BCUT2D eigenvalue weighted by molar-refractivity contribution is 7.90. The molecule has 0 heterocycles. The van der Waals surface area contributed by atoms with Crippen LogP contribution in [0.25, 0.3) is 0 Å². The van der Waals surface area contributed by atoms with Crippen LogP contribution in [0.3, 0.4) is 0 Å². The summed E-state index contributed by atoms with van der Waals surface area (Å²) in [6.07, 6.45) is -0.874. The molecule has 0 aromatic carbocycles. The van der Waals surface area contributed by atoms with Gasteiger partial charge in [-0.2, -0.15) is 0 Å². The lowest BCUT2D eigenvalue weighted by molar-refractivity contribution is -0.126. The summed E-state index contributed by atoms with van der Waals surface area (Å²) in [5, 5.41) is 25.0. The number of hydrogen-bond acceptors (Lipinski definition) is 8. The number of carbonyl (C=O) groups excluding carboxylic acids is 3. The van der Waals surface area contributed by atoms with Crippen molar-refractivity contribution < 1.29 is 33.0 Å². The molecule has 29 heavy (non-hydrogen) atoms. The molecular formula is C17H30N4O7S. The van der Waals surface area contributed by atoms with E-state index < -0.39 is 57.9 Å². The van der Waals surface area contributed by atoms with Gasteiger partial charge in [0.05, 0.1) is 23.9 Å². The number of primary amides is 1. The first kappa shape index (κ1) is 25.0. The second kappa shape index (κ2) is 10.1. The zero-order valence-corrected chi connectivity index (χ0v) is 17.5. The highest BCUT2D eigenvalue weighted by atomic mass is 32.2. The van der Waals surface area contributed by atoms with Gasteiger partial charge < -0.3 is 32.3 Å². The number of carbonyl (C=O) groups is 3. The summed E-state index contributed by atoms with van der Waals surface area (Å²) in [5.41, 5.74) is 11.0. The van der Waals surface area contributed by atoms with Gasteiger partial charge in [0.15, 0.2) is 0 Å². The molecule has 0 saturated heterocycles. The van der Waals surface area contributed by atoms with E-state index >= 15 is 0 Å². The molecule has 0 saturated carbocycles. The molecule has 166 valence electrons. The van der Waals surface area contributed by atoms with Crippen LogP contribution in [0, 0.1) is 5.92 Å². The number of rotatable bonds is 9. The minimum atomic E-state index is -3.37. The van der Waals surface area contributed by atoms with E-state index in [2.05, 4.69) is 10.6 Å². The van der Waals surface area contributed by atoms with Crippen LogP contribution >= 0.6 is 0 Å². The van der Waals surface area contributed by atoms with Gasteiger partial charge in [0, 0.05) is 18.2 Å². The predicted octanol–water partition coefficient (Wildman–Crippen LogP) is -3.09. The number of aliphatic hydroxyl groups is 2. The maximum atomic E-state index is 12.5. The number of sulfone groups is 1. The molecule has 0 aliphatic heterocycles. The van der Waals surface area contributed by atoms with Crippen molar-refractivity contribution >= 4 is 27.6 Å². The number of hydrogen-bond donors (Lipinski definition) is 6. The Hall–Kier alpha value is -2.02. The lowest BCUT2D eigenvalue weighted by Crippen LogP contribution is -2.55. The van der Waals surface area contributed by atoms with E-state index in [1.807, 2.05) is 0 Å². The van der Waals surface area contributed by atoms with Crippen LogP contribution in [-0.4, -0.2) is 78.7 Å². The molecule has 1 aliphatic rings. The summed E-state index contributed by atoms with van der Waals surface area (Å²) < 4.78 is 22.6. The van der Waals surface area contributed by atoms with Gasteiger partial charge in [-0.3, -0.25) is 14.4 Å². The van der Waals surface area contributed by atoms with Crippen LogP contribution in [0.5, 0.6) is 0 Å². The van der Waals surface area contributed by atoms with Crippen molar-refractivity contribution in [1.82, 2.24) is 10.6 Å². The van der Waals surface area contributed by atoms with Crippen molar-refractivity contribution in [2.75, 3.05) is 12.0 Å². The van der Waals surface area contributed by atoms with E-state index in [1.165, 1.54) is 6.08 Å². The van der Waals surface area contributed by atoms with Crippen LogP contribution in [0.4, 0.5) is 0 Å². The number of aliphatic hydroxyl groups excluding tert-OH is 2. The Bertz CT molecular complexity index is 766. The van der Waals surface area contributed by atoms with E-state index in [0.29, 0.717) is 0 Å². The summed E-state index contributed by atoms with van der Waals surface area (Å²) >= 11 is 0. The smallest absolute Gasteiger partial charge is 0.247 e. The van der Waals surface area contributed by atoms with Crippen molar-refractivity contribution in [2.24, 2.45) is 17.4 Å². The van der Waals surface area contributed by atoms with Gasteiger partial charge in [0.2, 0.25) is 17.7 Å². The van der Waals surface area contributed by atoms with Crippen molar-refractivity contribution in [3.63, 3.8) is 0 Å². The third-order valence-electron chi connectivity index (χ3n) is 4.62. The van der Waals surface area contributed by atoms with E-state index in [9.17, 15) is 33.0 Å². The molecule has 0 aromatic rings. The summed E-state index contributed by atoms with van der Waals surface area (Å²) in [6.45, 7) is 3.48. The topological polar surface area (TPSA) is 202 Å². The monoisotopic (exact) mass is 434 g/mol. The lowest BCUT2D eigenvalue weighted by atomic mass is 9.89. The fraction of sp³-hybridized carbons (Fsp3) is 0.706. The Labute approximate surface area is 169 Å². The van der Waals surface area contributed by atoms with Crippen LogP contribution in [-0.2, 0) is 24.2 Å². The van der Waals surface area contributed by atoms with Gasteiger partial charge in [0.25, 0.3) is 0 Å². The molecular weight excluding hydrogens is 404 g/mol. The Morgan fingerprint density at radius 1 is 1.28 bits per heavy atom. The highest BCUT2D eigenvalue weighted by Gasteiger charge is 2.35. The van der Waals surface area contributed by atoms with Gasteiger partial charge in [-0.05, 0) is 12.3 Å².